The number of likely N-dealkylation sites (N-methyl/N-ethyl adjacent to an activating group) is 1. The quantitative estimate of drug-likeness (QED) is 0.923. The summed E-state index contributed by atoms with van der Waals surface area (Å²) in [5, 5.41) is 13.4. The summed E-state index contributed by atoms with van der Waals surface area (Å²) in [6.07, 6.45) is 0.731. The van der Waals surface area contributed by atoms with Crippen LogP contribution < -0.4 is 14.8 Å². The van der Waals surface area contributed by atoms with Crippen LogP contribution >= 0.6 is 11.3 Å². The third kappa shape index (κ3) is 2.69. The number of hydrogen-bond donors (Lipinski definition) is 1. The molecule has 5 nitrogen and oxygen atoms in total. The topological polar surface area (TPSA) is 56.3 Å². The Labute approximate surface area is 115 Å². The molecule has 0 aliphatic carbocycles. The van der Waals surface area contributed by atoms with E-state index in [1.165, 1.54) is 0 Å². The number of aromatic nitrogens is 2. The molecule has 1 unspecified atom stereocenters. The van der Waals surface area contributed by atoms with Gasteiger partial charge in [-0.3, -0.25) is 0 Å². The highest BCUT2D eigenvalue weighted by molar-refractivity contribution is 7.11. The average molecular weight is 277 g/mol. The molecule has 0 fully saturated rings. The van der Waals surface area contributed by atoms with Gasteiger partial charge in [0.05, 0.1) is 0 Å². The second-order valence-electron chi connectivity index (χ2n) is 4.25. The van der Waals surface area contributed by atoms with Gasteiger partial charge < -0.3 is 14.8 Å². The minimum Gasteiger partial charge on any atom is -0.485 e. The van der Waals surface area contributed by atoms with Crippen molar-refractivity contribution in [3.8, 4) is 11.5 Å². The van der Waals surface area contributed by atoms with Gasteiger partial charge in [0.2, 0.25) is 0 Å². The standard InChI is InChI=1S/C13H15N3O2S/c1-14-7-6-12-15-16-13(19-12)11-8-17-9-4-2-3-5-10(9)18-11/h2-5,11,14H,6-8H2,1H3. The third-order valence-corrected chi connectivity index (χ3v) is 3.93. The van der Waals surface area contributed by atoms with Crippen molar-refractivity contribution < 1.29 is 9.47 Å². The largest absolute Gasteiger partial charge is 0.485 e. The minimum atomic E-state index is -0.157. The molecule has 3 rings (SSSR count). The van der Waals surface area contributed by atoms with Gasteiger partial charge in [0.25, 0.3) is 0 Å². The number of benzene rings is 1. The van der Waals surface area contributed by atoms with E-state index in [9.17, 15) is 0 Å². The number of hydrogen-bond acceptors (Lipinski definition) is 6. The molecule has 100 valence electrons. The molecule has 0 saturated carbocycles. The number of rotatable bonds is 4. The number of para-hydroxylation sites is 2. The first-order valence-electron chi connectivity index (χ1n) is 6.22. The smallest absolute Gasteiger partial charge is 0.186 e. The van der Waals surface area contributed by atoms with Crippen LogP contribution in [0.5, 0.6) is 11.5 Å². The Morgan fingerprint density at radius 1 is 1.32 bits per heavy atom. The molecule has 0 radical (unpaired) electrons. The second-order valence-corrected chi connectivity index (χ2v) is 5.35. The summed E-state index contributed by atoms with van der Waals surface area (Å²) in [6, 6.07) is 7.68. The van der Waals surface area contributed by atoms with Gasteiger partial charge in [-0.1, -0.05) is 23.5 Å². The van der Waals surface area contributed by atoms with Crippen molar-refractivity contribution in [3.05, 3.63) is 34.3 Å². The molecule has 2 heterocycles. The predicted octanol–water partition coefficient (Wildman–Crippen LogP) is 1.81. The van der Waals surface area contributed by atoms with Crippen molar-refractivity contribution in [2.75, 3.05) is 20.2 Å². The number of ether oxygens (including phenoxy) is 2. The van der Waals surface area contributed by atoms with E-state index in [-0.39, 0.29) is 6.10 Å². The maximum atomic E-state index is 5.90. The van der Waals surface area contributed by atoms with Crippen LogP contribution in [0.2, 0.25) is 0 Å². The summed E-state index contributed by atoms with van der Waals surface area (Å²) in [5.74, 6) is 1.56. The van der Waals surface area contributed by atoms with Gasteiger partial charge in [-0.25, -0.2) is 0 Å². The van der Waals surface area contributed by atoms with Gasteiger partial charge in [-0.15, -0.1) is 10.2 Å². The summed E-state index contributed by atoms with van der Waals surface area (Å²) in [5.41, 5.74) is 0. The molecule has 1 aromatic heterocycles. The van der Waals surface area contributed by atoms with Crippen LogP contribution in [0, 0.1) is 0 Å². The van der Waals surface area contributed by atoms with Crippen molar-refractivity contribution in [2.45, 2.75) is 12.5 Å². The SMILES string of the molecule is CNCCc1nnc(C2COc3ccccc3O2)s1. The highest BCUT2D eigenvalue weighted by atomic mass is 32.1. The van der Waals surface area contributed by atoms with Crippen LogP contribution in [0.25, 0.3) is 0 Å². The van der Waals surface area contributed by atoms with E-state index < -0.39 is 0 Å². The number of nitrogens with zero attached hydrogens (tertiary/aromatic N) is 2. The summed E-state index contributed by atoms with van der Waals surface area (Å²) in [6.45, 7) is 1.39. The lowest BCUT2D eigenvalue weighted by molar-refractivity contribution is 0.0906. The summed E-state index contributed by atoms with van der Waals surface area (Å²) >= 11 is 1.59. The Hall–Kier alpha value is -1.66. The van der Waals surface area contributed by atoms with Crippen molar-refractivity contribution in [1.29, 1.82) is 0 Å². The Balaban J connectivity index is 1.72. The van der Waals surface area contributed by atoms with Gasteiger partial charge in [0.1, 0.15) is 11.6 Å². The zero-order valence-corrected chi connectivity index (χ0v) is 11.4. The maximum Gasteiger partial charge on any atom is 0.186 e. The first-order chi connectivity index (χ1) is 9.36. The highest BCUT2D eigenvalue weighted by Gasteiger charge is 2.25. The summed E-state index contributed by atoms with van der Waals surface area (Å²) < 4.78 is 11.6. The van der Waals surface area contributed by atoms with E-state index in [1.54, 1.807) is 11.3 Å². The Bertz CT molecular complexity index is 558. The van der Waals surface area contributed by atoms with E-state index in [4.69, 9.17) is 9.47 Å². The average Bonchev–Trinajstić information content (AvgIpc) is 2.93. The summed E-state index contributed by atoms with van der Waals surface area (Å²) in [4.78, 5) is 0. The number of nitrogens with one attached hydrogen (secondary N) is 1. The van der Waals surface area contributed by atoms with Gasteiger partial charge in [0, 0.05) is 13.0 Å². The molecule has 1 N–H and O–H groups in total. The normalized spacial score (nSPS) is 17.4. The zero-order chi connectivity index (χ0) is 13.1. The lowest BCUT2D eigenvalue weighted by Crippen LogP contribution is -2.21. The lowest BCUT2D eigenvalue weighted by Gasteiger charge is -2.24. The number of fused-ring (bicyclic) bond motifs is 1. The zero-order valence-electron chi connectivity index (χ0n) is 10.6. The first-order valence-corrected chi connectivity index (χ1v) is 7.04. The molecule has 1 aliphatic rings. The van der Waals surface area contributed by atoms with Crippen LogP contribution in [-0.4, -0.2) is 30.4 Å². The van der Waals surface area contributed by atoms with Gasteiger partial charge in [0.15, 0.2) is 22.6 Å². The minimum absolute atomic E-state index is 0.157. The molecule has 1 aromatic carbocycles. The lowest BCUT2D eigenvalue weighted by atomic mass is 10.3. The van der Waals surface area contributed by atoms with Crippen LogP contribution in [0.1, 0.15) is 16.1 Å². The molecular weight excluding hydrogens is 262 g/mol. The molecule has 0 amide bonds. The molecule has 0 spiro atoms. The highest BCUT2D eigenvalue weighted by Crippen LogP contribution is 2.36. The monoisotopic (exact) mass is 277 g/mol. The van der Waals surface area contributed by atoms with E-state index in [2.05, 4.69) is 15.5 Å². The fourth-order valence-corrected chi connectivity index (χ4v) is 2.73. The second kappa shape index (κ2) is 5.54. The predicted molar refractivity (Wildman–Crippen MR) is 72.8 cm³/mol. The molecule has 1 aliphatic heterocycles. The van der Waals surface area contributed by atoms with Crippen molar-refractivity contribution in [2.24, 2.45) is 0 Å². The molecule has 6 heteroatoms. The molecule has 19 heavy (non-hydrogen) atoms. The fourth-order valence-electron chi connectivity index (χ4n) is 1.87. The molecule has 2 aromatic rings. The van der Waals surface area contributed by atoms with Crippen LogP contribution in [-0.2, 0) is 6.42 Å². The Kier molecular flexibility index (Phi) is 3.61. The van der Waals surface area contributed by atoms with E-state index in [0.717, 1.165) is 34.5 Å². The Morgan fingerprint density at radius 3 is 3.00 bits per heavy atom. The third-order valence-electron chi connectivity index (χ3n) is 2.86. The van der Waals surface area contributed by atoms with E-state index >= 15 is 0 Å². The van der Waals surface area contributed by atoms with Crippen LogP contribution in [0.3, 0.4) is 0 Å². The Morgan fingerprint density at radius 2 is 2.16 bits per heavy atom. The van der Waals surface area contributed by atoms with Crippen molar-refractivity contribution >= 4 is 11.3 Å². The van der Waals surface area contributed by atoms with Crippen molar-refractivity contribution in [3.63, 3.8) is 0 Å². The van der Waals surface area contributed by atoms with Crippen LogP contribution in [0.4, 0.5) is 0 Å². The fraction of sp³-hybridized carbons (Fsp3) is 0.385. The van der Waals surface area contributed by atoms with E-state index in [1.807, 2.05) is 31.3 Å². The summed E-state index contributed by atoms with van der Waals surface area (Å²) in [7, 11) is 1.93. The van der Waals surface area contributed by atoms with Gasteiger partial charge in [-0.2, -0.15) is 0 Å². The molecular formula is C13H15N3O2S. The molecule has 0 bridgehead atoms. The molecule has 1 atom stereocenters. The van der Waals surface area contributed by atoms with Gasteiger partial charge >= 0.3 is 0 Å². The van der Waals surface area contributed by atoms with E-state index in [0.29, 0.717) is 6.61 Å². The maximum absolute atomic E-state index is 5.90. The van der Waals surface area contributed by atoms with Crippen molar-refractivity contribution in [1.82, 2.24) is 15.5 Å². The molecule has 0 saturated heterocycles. The van der Waals surface area contributed by atoms with Crippen LogP contribution in [0.15, 0.2) is 24.3 Å². The van der Waals surface area contributed by atoms with Gasteiger partial charge in [-0.05, 0) is 19.2 Å². The first kappa shape index (κ1) is 12.4.